The second-order valence-corrected chi connectivity index (χ2v) is 7.04. The van der Waals surface area contributed by atoms with Gasteiger partial charge in [0.05, 0.1) is 4.92 Å². The number of nitro groups is 1. The van der Waals surface area contributed by atoms with Gasteiger partial charge in [-0.25, -0.2) is 0 Å². The monoisotopic (exact) mass is 468 g/mol. The fraction of sp³-hybridized carbons (Fsp3) is 0.500. The number of carbonyl (C=O) groups excluding carboxylic acids is 4. The van der Waals surface area contributed by atoms with Gasteiger partial charge in [0.15, 0.2) is 24.5 Å². The van der Waals surface area contributed by atoms with Crippen molar-refractivity contribution in [2.45, 2.75) is 58.3 Å². The standard InChI is InChI=1S/C20H24N2O11/c1-10(23)29-9-16-17(30-11(2)24)18(31-12(3)25)19(32-13(4)26)20(33-16)21-14-7-5-6-8-15(14)22(27)28/h5-8,16-21H,9H2,1-4H3/t16-,17-,18+,19-,20?/m0/s1. The molecule has 13 nitrogen and oxygen atoms in total. The first kappa shape index (κ1) is 25.5. The van der Waals surface area contributed by atoms with E-state index in [4.69, 9.17) is 23.7 Å². The first-order valence-corrected chi connectivity index (χ1v) is 9.80. The molecule has 33 heavy (non-hydrogen) atoms. The van der Waals surface area contributed by atoms with Gasteiger partial charge in [0.1, 0.15) is 18.4 Å². The van der Waals surface area contributed by atoms with Crippen molar-refractivity contribution in [3.63, 3.8) is 0 Å². The lowest BCUT2D eigenvalue weighted by Crippen LogP contribution is -2.64. The van der Waals surface area contributed by atoms with Crippen molar-refractivity contribution in [3.05, 3.63) is 34.4 Å². The van der Waals surface area contributed by atoms with Crippen LogP contribution >= 0.6 is 0 Å². The van der Waals surface area contributed by atoms with Crippen LogP contribution in [0.5, 0.6) is 0 Å². The summed E-state index contributed by atoms with van der Waals surface area (Å²) in [6.07, 6.45) is -6.58. The molecule has 1 aliphatic rings. The minimum absolute atomic E-state index is 0.0170. The Kier molecular flexibility index (Phi) is 8.68. The van der Waals surface area contributed by atoms with Crippen molar-refractivity contribution in [2.75, 3.05) is 11.9 Å². The van der Waals surface area contributed by atoms with E-state index < -0.39 is 66.1 Å². The minimum atomic E-state index is -1.39. The van der Waals surface area contributed by atoms with Crippen molar-refractivity contribution in [1.29, 1.82) is 0 Å². The molecule has 0 bridgehead atoms. The van der Waals surface area contributed by atoms with Crippen LogP contribution < -0.4 is 5.32 Å². The maximum Gasteiger partial charge on any atom is 0.303 e. The predicted octanol–water partition coefficient (Wildman–Crippen LogP) is 1.09. The van der Waals surface area contributed by atoms with Crippen molar-refractivity contribution in [1.82, 2.24) is 0 Å². The van der Waals surface area contributed by atoms with Crippen LogP contribution in [0, 0.1) is 10.1 Å². The number of benzene rings is 1. The number of carbonyl (C=O) groups is 4. The van der Waals surface area contributed by atoms with Gasteiger partial charge in [0, 0.05) is 33.8 Å². The van der Waals surface area contributed by atoms with Crippen molar-refractivity contribution in [3.8, 4) is 0 Å². The first-order chi connectivity index (χ1) is 15.5. The number of anilines is 1. The summed E-state index contributed by atoms with van der Waals surface area (Å²) in [5, 5.41) is 14.2. The molecule has 0 aromatic heterocycles. The molecule has 180 valence electrons. The highest BCUT2D eigenvalue weighted by atomic mass is 16.7. The van der Waals surface area contributed by atoms with Gasteiger partial charge in [0.2, 0.25) is 0 Å². The number of hydrogen-bond donors (Lipinski definition) is 1. The maximum absolute atomic E-state index is 11.8. The highest BCUT2D eigenvalue weighted by Crippen LogP contribution is 2.32. The fourth-order valence-corrected chi connectivity index (χ4v) is 3.25. The van der Waals surface area contributed by atoms with Crippen LogP contribution in [-0.4, -0.2) is 66.1 Å². The summed E-state index contributed by atoms with van der Waals surface area (Å²) in [7, 11) is 0. The number of para-hydroxylation sites is 2. The number of nitro benzene ring substituents is 1. The van der Waals surface area contributed by atoms with Gasteiger partial charge in [-0.15, -0.1) is 0 Å². The molecule has 5 atom stereocenters. The first-order valence-electron chi connectivity index (χ1n) is 9.80. The zero-order valence-corrected chi connectivity index (χ0v) is 18.3. The molecule has 1 aromatic rings. The normalized spacial score (nSPS) is 24.2. The highest BCUT2D eigenvalue weighted by molar-refractivity contribution is 5.69. The SMILES string of the molecule is CC(=O)OC[C@@H]1OC(Nc2ccccc2[N+](=O)[O-])[C@@H](OC(C)=O)[C@H](OC(C)=O)[C@H]1OC(C)=O. The molecule has 0 saturated carbocycles. The number of nitrogens with zero attached hydrogens (tertiary/aromatic N) is 1. The Bertz CT molecular complexity index is 919. The second kappa shape index (κ2) is 11.2. The van der Waals surface area contributed by atoms with E-state index in [2.05, 4.69) is 5.32 Å². The molecule has 0 amide bonds. The van der Waals surface area contributed by atoms with Crippen LogP contribution in [0.15, 0.2) is 24.3 Å². The van der Waals surface area contributed by atoms with Gasteiger partial charge in [0.25, 0.3) is 5.69 Å². The van der Waals surface area contributed by atoms with E-state index in [1.54, 1.807) is 0 Å². The molecule has 13 heteroatoms. The Hall–Kier alpha value is -3.74. The van der Waals surface area contributed by atoms with Crippen molar-refractivity contribution >= 4 is 35.3 Å². The molecule has 1 saturated heterocycles. The Morgan fingerprint density at radius 1 is 0.909 bits per heavy atom. The predicted molar refractivity (Wildman–Crippen MR) is 109 cm³/mol. The lowest BCUT2D eigenvalue weighted by atomic mass is 9.97. The summed E-state index contributed by atoms with van der Waals surface area (Å²) in [6.45, 7) is 4.03. The Labute approximate surface area is 188 Å². The van der Waals surface area contributed by atoms with E-state index in [0.29, 0.717) is 0 Å². The molecule has 1 heterocycles. The summed E-state index contributed by atoms with van der Waals surface area (Å²) in [5.41, 5.74) is -0.284. The molecule has 0 aliphatic carbocycles. The van der Waals surface area contributed by atoms with Gasteiger partial charge < -0.3 is 29.0 Å². The zero-order valence-electron chi connectivity index (χ0n) is 18.3. The number of rotatable bonds is 8. The van der Waals surface area contributed by atoms with Crippen molar-refractivity contribution < 1.29 is 47.8 Å². The largest absolute Gasteiger partial charge is 0.463 e. The Morgan fingerprint density at radius 2 is 1.45 bits per heavy atom. The third-order valence-corrected chi connectivity index (χ3v) is 4.39. The molecule has 1 N–H and O–H groups in total. The van der Waals surface area contributed by atoms with Gasteiger partial charge in [-0.1, -0.05) is 12.1 Å². The number of ether oxygens (including phenoxy) is 5. The summed E-state index contributed by atoms with van der Waals surface area (Å²) >= 11 is 0. The number of hydrogen-bond acceptors (Lipinski definition) is 12. The summed E-state index contributed by atoms with van der Waals surface area (Å²) in [6, 6.07) is 5.62. The highest BCUT2D eigenvalue weighted by Gasteiger charge is 2.52. The van der Waals surface area contributed by atoms with E-state index in [1.165, 1.54) is 24.3 Å². The second-order valence-electron chi connectivity index (χ2n) is 7.04. The molecule has 0 radical (unpaired) electrons. The molecular weight excluding hydrogens is 444 g/mol. The molecular formula is C20H24N2O11. The fourth-order valence-electron chi connectivity index (χ4n) is 3.25. The van der Waals surface area contributed by atoms with Gasteiger partial charge >= 0.3 is 23.9 Å². The van der Waals surface area contributed by atoms with Crippen LogP contribution in [0.3, 0.4) is 0 Å². The maximum atomic E-state index is 11.8. The molecule has 1 aromatic carbocycles. The average molecular weight is 468 g/mol. The van der Waals surface area contributed by atoms with Gasteiger partial charge in [-0.3, -0.25) is 29.3 Å². The lowest BCUT2D eigenvalue weighted by molar-refractivity contribution is -0.384. The number of nitrogens with one attached hydrogen (secondary N) is 1. The Morgan fingerprint density at radius 3 is 2.00 bits per heavy atom. The van der Waals surface area contributed by atoms with Crippen LogP contribution in [0.25, 0.3) is 0 Å². The van der Waals surface area contributed by atoms with E-state index in [0.717, 1.165) is 27.7 Å². The molecule has 2 rings (SSSR count). The van der Waals surface area contributed by atoms with Crippen molar-refractivity contribution in [2.24, 2.45) is 0 Å². The van der Waals surface area contributed by atoms with E-state index in [-0.39, 0.29) is 11.4 Å². The van der Waals surface area contributed by atoms with E-state index in [9.17, 15) is 29.3 Å². The third kappa shape index (κ3) is 7.14. The molecule has 1 fully saturated rings. The molecule has 0 spiro atoms. The lowest BCUT2D eigenvalue weighted by Gasteiger charge is -2.44. The van der Waals surface area contributed by atoms with E-state index in [1.807, 2.05) is 0 Å². The third-order valence-electron chi connectivity index (χ3n) is 4.39. The molecule has 1 unspecified atom stereocenters. The smallest absolute Gasteiger partial charge is 0.303 e. The number of esters is 4. The summed E-state index contributed by atoms with van der Waals surface area (Å²) in [4.78, 5) is 57.5. The minimum Gasteiger partial charge on any atom is -0.463 e. The summed E-state index contributed by atoms with van der Waals surface area (Å²) < 4.78 is 26.7. The summed E-state index contributed by atoms with van der Waals surface area (Å²) in [5.74, 6) is -2.99. The molecule has 1 aliphatic heterocycles. The van der Waals surface area contributed by atoms with Crippen LogP contribution in [0.2, 0.25) is 0 Å². The zero-order chi connectivity index (χ0) is 24.7. The van der Waals surface area contributed by atoms with Gasteiger partial charge in [-0.05, 0) is 6.07 Å². The van der Waals surface area contributed by atoms with E-state index >= 15 is 0 Å². The van der Waals surface area contributed by atoms with Gasteiger partial charge in [-0.2, -0.15) is 0 Å². The van der Waals surface area contributed by atoms with Crippen LogP contribution in [-0.2, 0) is 42.9 Å². The van der Waals surface area contributed by atoms with Crippen LogP contribution in [0.1, 0.15) is 27.7 Å². The average Bonchev–Trinajstić information content (AvgIpc) is 2.70. The Balaban J connectivity index is 2.51. The quantitative estimate of drug-likeness (QED) is 0.250. The van der Waals surface area contributed by atoms with Crippen LogP contribution in [0.4, 0.5) is 11.4 Å². The topological polar surface area (TPSA) is 170 Å².